The van der Waals surface area contributed by atoms with Crippen molar-refractivity contribution in [1.82, 2.24) is 5.32 Å². The molecule has 8 heteroatoms. The van der Waals surface area contributed by atoms with Gasteiger partial charge in [0.15, 0.2) is 0 Å². The van der Waals surface area contributed by atoms with Crippen LogP contribution in [-0.4, -0.2) is 30.1 Å². The van der Waals surface area contributed by atoms with Crippen molar-refractivity contribution in [3.63, 3.8) is 0 Å². The zero-order chi connectivity index (χ0) is 22.1. The number of anilines is 2. The molecule has 2 aromatic carbocycles. The minimum Gasteiger partial charge on any atom is -0.444 e. The molecule has 2 rings (SSSR count). The van der Waals surface area contributed by atoms with E-state index < -0.39 is 11.7 Å². The van der Waals surface area contributed by atoms with Crippen molar-refractivity contribution in [3.05, 3.63) is 59.1 Å². The van der Waals surface area contributed by atoms with Crippen LogP contribution in [0, 0.1) is 0 Å². The van der Waals surface area contributed by atoms with Gasteiger partial charge in [-0.25, -0.2) is 4.79 Å². The number of hydrogen-bond acceptors (Lipinski definition) is 4. The minimum atomic E-state index is -0.586. The Balaban J connectivity index is 1.75. The van der Waals surface area contributed by atoms with E-state index in [-0.39, 0.29) is 31.2 Å². The second kappa shape index (κ2) is 10.6. The van der Waals surface area contributed by atoms with Crippen molar-refractivity contribution in [3.8, 4) is 0 Å². The molecule has 0 spiro atoms. The van der Waals surface area contributed by atoms with Crippen molar-refractivity contribution in [1.29, 1.82) is 0 Å². The Morgan fingerprint density at radius 1 is 0.933 bits per heavy atom. The smallest absolute Gasteiger partial charge is 0.407 e. The summed E-state index contributed by atoms with van der Waals surface area (Å²) in [5.41, 5.74) is 1.44. The van der Waals surface area contributed by atoms with E-state index in [0.717, 1.165) is 5.56 Å². The van der Waals surface area contributed by atoms with Crippen LogP contribution in [0.2, 0.25) is 5.02 Å². The third-order valence-electron chi connectivity index (χ3n) is 3.73. The molecule has 0 aliphatic carbocycles. The highest BCUT2D eigenvalue weighted by atomic mass is 35.5. The molecule has 0 saturated heterocycles. The van der Waals surface area contributed by atoms with Gasteiger partial charge < -0.3 is 20.7 Å². The van der Waals surface area contributed by atoms with Gasteiger partial charge in [-0.15, -0.1) is 0 Å². The van der Waals surface area contributed by atoms with Crippen LogP contribution < -0.4 is 16.0 Å². The third-order valence-corrected chi connectivity index (χ3v) is 3.96. The Morgan fingerprint density at radius 2 is 1.53 bits per heavy atom. The minimum absolute atomic E-state index is 0.108. The largest absolute Gasteiger partial charge is 0.444 e. The normalized spacial score (nSPS) is 10.8. The standard InChI is InChI=1S/C22H26ClN3O4/c1-22(2,3)30-21(29)24-12-11-19(27)25-17-7-9-18(10-8-17)26-20(28)14-15-5-4-6-16(23)13-15/h4-10,13H,11-12,14H2,1-3H3,(H,24,29)(H,25,27)(H,26,28). The van der Waals surface area contributed by atoms with Crippen LogP contribution in [0.15, 0.2) is 48.5 Å². The molecule has 0 bridgehead atoms. The van der Waals surface area contributed by atoms with E-state index in [0.29, 0.717) is 16.4 Å². The number of hydrogen-bond donors (Lipinski definition) is 3. The molecule has 2 aromatic rings. The maximum absolute atomic E-state index is 12.1. The van der Waals surface area contributed by atoms with Crippen LogP contribution in [0.1, 0.15) is 32.8 Å². The third kappa shape index (κ3) is 8.96. The number of nitrogens with one attached hydrogen (secondary N) is 3. The predicted octanol–water partition coefficient (Wildman–Crippen LogP) is 4.37. The Labute approximate surface area is 181 Å². The van der Waals surface area contributed by atoms with Gasteiger partial charge in [-0.3, -0.25) is 9.59 Å². The van der Waals surface area contributed by atoms with Gasteiger partial charge in [-0.2, -0.15) is 0 Å². The molecule has 30 heavy (non-hydrogen) atoms. The summed E-state index contributed by atoms with van der Waals surface area (Å²) >= 11 is 5.93. The van der Waals surface area contributed by atoms with Crippen LogP contribution >= 0.6 is 11.6 Å². The van der Waals surface area contributed by atoms with Gasteiger partial charge in [-0.1, -0.05) is 23.7 Å². The first-order valence-corrected chi connectivity index (χ1v) is 9.89. The van der Waals surface area contributed by atoms with Crippen LogP contribution in [0.4, 0.5) is 16.2 Å². The molecule has 0 radical (unpaired) electrons. The monoisotopic (exact) mass is 431 g/mol. The summed E-state index contributed by atoms with van der Waals surface area (Å²) in [7, 11) is 0. The topological polar surface area (TPSA) is 96.5 Å². The Bertz CT molecular complexity index is 892. The molecule has 0 saturated carbocycles. The van der Waals surface area contributed by atoms with E-state index >= 15 is 0 Å². The lowest BCUT2D eigenvalue weighted by molar-refractivity contribution is -0.116. The zero-order valence-electron chi connectivity index (χ0n) is 17.3. The van der Waals surface area contributed by atoms with E-state index in [1.54, 1.807) is 63.2 Å². The first-order valence-electron chi connectivity index (χ1n) is 9.52. The average molecular weight is 432 g/mol. The molecule has 3 amide bonds. The predicted molar refractivity (Wildman–Crippen MR) is 118 cm³/mol. The van der Waals surface area contributed by atoms with E-state index in [1.807, 2.05) is 6.07 Å². The van der Waals surface area contributed by atoms with Crippen LogP contribution in [0.25, 0.3) is 0 Å². The Hall–Kier alpha value is -3.06. The maximum atomic E-state index is 12.1. The summed E-state index contributed by atoms with van der Waals surface area (Å²) in [6, 6.07) is 13.9. The van der Waals surface area contributed by atoms with Crippen molar-refractivity contribution in [2.75, 3.05) is 17.2 Å². The van der Waals surface area contributed by atoms with Crippen molar-refractivity contribution in [2.24, 2.45) is 0 Å². The first kappa shape index (κ1) is 23.2. The summed E-state index contributed by atoms with van der Waals surface area (Å²) in [6.45, 7) is 5.46. The number of amides is 3. The van der Waals surface area contributed by atoms with Gasteiger partial charge in [-0.05, 0) is 62.7 Å². The zero-order valence-corrected chi connectivity index (χ0v) is 18.0. The van der Waals surface area contributed by atoms with Crippen molar-refractivity contribution < 1.29 is 19.1 Å². The van der Waals surface area contributed by atoms with E-state index in [1.165, 1.54) is 0 Å². The number of benzene rings is 2. The molecule has 160 valence electrons. The summed E-state index contributed by atoms with van der Waals surface area (Å²) in [6.07, 6.45) is -0.241. The fourth-order valence-electron chi connectivity index (χ4n) is 2.49. The number of rotatable bonds is 7. The summed E-state index contributed by atoms with van der Waals surface area (Å²) in [5.74, 6) is -0.411. The summed E-state index contributed by atoms with van der Waals surface area (Å²) < 4.78 is 5.10. The second-order valence-electron chi connectivity index (χ2n) is 7.66. The number of carbonyl (C=O) groups excluding carboxylic acids is 3. The SMILES string of the molecule is CC(C)(C)OC(=O)NCCC(=O)Nc1ccc(NC(=O)Cc2cccc(Cl)c2)cc1. The highest BCUT2D eigenvalue weighted by Gasteiger charge is 2.15. The van der Waals surface area contributed by atoms with Crippen LogP contribution in [0.5, 0.6) is 0 Å². The lowest BCUT2D eigenvalue weighted by atomic mass is 10.1. The number of carbonyl (C=O) groups is 3. The Morgan fingerprint density at radius 3 is 2.10 bits per heavy atom. The maximum Gasteiger partial charge on any atom is 0.407 e. The number of halogens is 1. The quantitative estimate of drug-likeness (QED) is 0.606. The highest BCUT2D eigenvalue weighted by Crippen LogP contribution is 2.15. The molecule has 0 aliphatic rings. The first-order chi connectivity index (χ1) is 14.1. The molecule has 0 aliphatic heterocycles. The van der Waals surface area contributed by atoms with Gasteiger partial charge >= 0.3 is 6.09 Å². The fourth-order valence-corrected chi connectivity index (χ4v) is 2.70. The van der Waals surface area contributed by atoms with Gasteiger partial charge in [0, 0.05) is 29.4 Å². The highest BCUT2D eigenvalue weighted by molar-refractivity contribution is 6.30. The van der Waals surface area contributed by atoms with Crippen LogP contribution in [-0.2, 0) is 20.7 Å². The molecular weight excluding hydrogens is 406 g/mol. The van der Waals surface area contributed by atoms with Gasteiger partial charge in [0.25, 0.3) is 0 Å². The van der Waals surface area contributed by atoms with Gasteiger partial charge in [0.2, 0.25) is 11.8 Å². The molecule has 3 N–H and O–H groups in total. The van der Waals surface area contributed by atoms with E-state index in [2.05, 4.69) is 16.0 Å². The van der Waals surface area contributed by atoms with Gasteiger partial charge in [0.1, 0.15) is 5.60 Å². The molecule has 0 aromatic heterocycles. The van der Waals surface area contributed by atoms with Crippen molar-refractivity contribution >= 4 is 40.9 Å². The summed E-state index contributed by atoms with van der Waals surface area (Å²) in [5, 5.41) is 8.65. The lowest BCUT2D eigenvalue weighted by Crippen LogP contribution is -2.34. The number of ether oxygens (including phenoxy) is 1. The van der Waals surface area contributed by atoms with Crippen molar-refractivity contribution in [2.45, 2.75) is 39.2 Å². The molecule has 0 heterocycles. The van der Waals surface area contributed by atoms with Crippen LogP contribution in [0.3, 0.4) is 0 Å². The molecule has 0 unspecified atom stereocenters. The molecule has 0 fully saturated rings. The fraction of sp³-hybridized carbons (Fsp3) is 0.318. The second-order valence-corrected chi connectivity index (χ2v) is 8.10. The molecule has 7 nitrogen and oxygen atoms in total. The molecular formula is C22H26ClN3O4. The Kier molecular flexibility index (Phi) is 8.24. The summed E-state index contributed by atoms with van der Waals surface area (Å²) in [4.78, 5) is 35.7. The van der Waals surface area contributed by atoms with Gasteiger partial charge in [0.05, 0.1) is 6.42 Å². The average Bonchev–Trinajstić information content (AvgIpc) is 2.62. The molecule has 0 atom stereocenters. The number of alkyl carbamates (subject to hydrolysis) is 1. The van der Waals surface area contributed by atoms with E-state index in [9.17, 15) is 14.4 Å². The van der Waals surface area contributed by atoms with E-state index in [4.69, 9.17) is 16.3 Å². The lowest BCUT2D eigenvalue weighted by Gasteiger charge is -2.19.